The molecule has 6 heteroatoms. The molecule has 0 aliphatic rings. The van der Waals surface area contributed by atoms with Crippen molar-refractivity contribution in [2.45, 2.75) is 6.42 Å². The summed E-state index contributed by atoms with van der Waals surface area (Å²) in [7, 11) is 0. The summed E-state index contributed by atoms with van der Waals surface area (Å²) >= 11 is 3.32. The molecule has 22 heavy (non-hydrogen) atoms. The van der Waals surface area contributed by atoms with Gasteiger partial charge in [0.15, 0.2) is 0 Å². The van der Waals surface area contributed by atoms with Crippen LogP contribution < -0.4 is 10.6 Å². The second-order valence-corrected chi connectivity index (χ2v) is 5.55. The van der Waals surface area contributed by atoms with E-state index in [9.17, 15) is 14.0 Å². The average Bonchev–Trinajstić information content (AvgIpc) is 2.48. The quantitative estimate of drug-likeness (QED) is 0.856. The SMILES string of the molecule is O=C(Cc1ccc(Br)cc1)NCC(=O)Nc1cccc(F)c1. The largest absolute Gasteiger partial charge is 0.347 e. The van der Waals surface area contributed by atoms with Gasteiger partial charge in [0.1, 0.15) is 5.82 Å². The maximum Gasteiger partial charge on any atom is 0.243 e. The van der Waals surface area contributed by atoms with Crippen LogP contribution in [0.15, 0.2) is 53.0 Å². The maximum atomic E-state index is 13.0. The van der Waals surface area contributed by atoms with Crippen LogP contribution in [0.25, 0.3) is 0 Å². The number of hydrogen-bond donors (Lipinski definition) is 2. The summed E-state index contributed by atoms with van der Waals surface area (Å²) < 4.78 is 13.9. The van der Waals surface area contributed by atoms with Gasteiger partial charge in [-0.25, -0.2) is 4.39 Å². The highest BCUT2D eigenvalue weighted by Gasteiger charge is 2.07. The van der Waals surface area contributed by atoms with Crippen molar-refractivity contribution in [2.24, 2.45) is 0 Å². The van der Waals surface area contributed by atoms with Crippen molar-refractivity contribution in [1.82, 2.24) is 5.32 Å². The van der Waals surface area contributed by atoms with Gasteiger partial charge >= 0.3 is 0 Å². The van der Waals surface area contributed by atoms with E-state index in [1.165, 1.54) is 18.2 Å². The third-order valence-corrected chi connectivity index (χ3v) is 3.36. The summed E-state index contributed by atoms with van der Waals surface area (Å²) in [5.41, 5.74) is 1.21. The molecule has 0 aliphatic heterocycles. The second-order valence-electron chi connectivity index (χ2n) is 4.64. The van der Waals surface area contributed by atoms with E-state index in [1.54, 1.807) is 6.07 Å². The first-order chi connectivity index (χ1) is 10.5. The molecular formula is C16H14BrFN2O2. The fourth-order valence-electron chi connectivity index (χ4n) is 1.80. The van der Waals surface area contributed by atoms with Gasteiger partial charge in [0.25, 0.3) is 0 Å². The number of amides is 2. The lowest BCUT2D eigenvalue weighted by molar-refractivity contribution is -0.123. The summed E-state index contributed by atoms with van der Waals surface area (Å²) in [4.78, 5) is 23.4. The highest BCUT2D eigenvalue weighted by Crippen LogP contribution is 2.11. The standard InChI is InChI=1S/C16H14BrFN2O2/c17-12-6-4-11(5-7-12)8-15(21)19-10-16(22)20-14-3-1-2-13(18)9-14/h1-7,9H,8,10H2,(H,19,21)(H,20,22). The van der Waals surface area contributed by atoms with Crippen molar-refractivity contribution < 1.29 is 14.0 Å². The number of rotatable bonds is 5. The lowest BCUT2D eigenvalue weighted by Gasteiger charge is -2.07. The number of nitrogens with one attached hydrogen (secondary N) is 2. The Kier molecular flexibility index (Phi) is 5.66. The molecule has 0 bridgehead atoms. The molecule has 114 valence electrons. The van der Waals surface area contributed by atoms with E-state index in [0.717, 1.165) is 10.0 Å². The Morgan fingerprint density at radius 1 is 1.05 bits per heavy atom. The summed E-state index contributed by atoms with van der Waals surface area (Å²) in [5.74, 6) is -1.09. The van der Waals surface area contributed by atoms with Crippen LogP contribution >= 0.6 is 15.9 Å². The van der Waals surface area contributed by atoms with Gasteiger partial charge in [-0.1, -0.05) is 34.1 Å². The molecule has 0 saturated heterocycles. The normalized spacial score (nSPS) is 10.1. The van der Waals surface area contributed by atoms with Crippen molar-refractivity contribution in [2.75, 3.05) is 11.9 Å². The fourth-order valence-corrected chi connectivity index (χ4v) is 2.06. The zero-order chi connectivity index (χ0) is 15.9. The monoisotopic (exact) mass is 364 g/mol. The molecule has 0 fully saturated rings. The van der Waals surface area contributed by atoms with Crippen LogP contribution in [-0.4, -0.2) is 18.4 Å². The molecule has 0 spiro atoms. The highest BCUT2D eigenvalue weighted by molar-refractivity contribution is 9.10. The molecule has 2 N–H and O–H groups in total. The minimum absolute atomic E-state index is 0.161. The van der Waals surface area contributed by atoms with Gasteiger partial charge in [0.2, 0.25) is 11.8 Å². The third kappa shape index (κ3) is 5.29. The fraction of sp³-hybridized carbons (Fsp3) is 0.125. The van der Waals surface area contributed by atoms with Gasteiger partial charge < -0.3 is 10.6 Å². The van der Waals surface area contributed by atoms with E-state index >= 15 is 0 Å². The Labute approximate surface area is 135 Å². The van der Waals surface area contributed by atoms with Crippen LogP contribution in [0.1, 0.15) is 5.56 Å². The molecule has 0 unspecified atom stereocenters. The zero-order valence-corrected chi connectivity index (χ0v) is 13.2. The topological polar surface area (TPSA) is 58.2 Å². The van der Waals surface area contributed by atoms with Gasteiger partial charge in [0, 0.05) is 10.2 Å². The Morgan fingerprint density at radius 2 is 1.77 bits per heavy atom. The van der Waals surface area contributed by atoms with Gasteiger partial charge in [-0.2, -0.15) is 0 Å². The molecule has 0 aliphatic carbocycles. The number of carbonyl (C=O) groups excluding carboxylic acids is 2. The molecule has 2 aromatic rings. The number of carbonyl (C=O) groups is 2. The Morgan fingerprint density at radius 3 is 2.45 bits per heavy atom. The first kappa shape index (κ1) is 16.2. The van der Waals surface area contributed by atoms with E-state index in [2.05, 4.69) is 26.6 Å². The molecule has 2 aromatic carbocycles. The molecule has 0 heterocycles. The minimum atomic E-state index is -0.433. The van der Waals surface area contributed by atoms with Crippen molar-refractivity contribution in [3.63, 3.8) is 0 Å². The average molecular weight is 365 g/mol. The van der Waals surface area contributed by atoms with Crippen LogP contribution in [0, 0.1) is 5.82 Å². The predicted octanol–water partition coefficient (Wildman–Crippen LogP) is 2.89. The smallest absolute Gasteiger partial charge is 0.243 e. The molecule has 0 radical (unpaired) electrons. The Hall–Kier alpha value is -2.21. The minimum Gasteiger partial charge on any atom is -0.347 e. The maximum absolute atomic E-state index is 13.0. The Balaban J connectivity index is 1.78. The number of halogens is 2. The molecule has 2 amide bonds. The van der Waals surface area contributed by atoms with Gasteiger partial charge in [-0.15, -0.1) is 0 Å². The third-order valence-electron chi connectivity index (χ3n) is 2.83. The molecule has 0 saturated carbocycles. The van der Waals surface area contributed by atoms with Gasteiger partial charge in [-0.3, -0.25) is 9.59 Å². The zero-order valence-electron chi connectivity index (χ0n) is 11.6. The van der Waals surface area contributed by atoms with Gasteiger partial charge in [-0.05, 0) is 35.9 Å². The Bertz CT molecular complexity index is 674. The lowest BCUT2D eigenvalue weighted by Crippen LogP contribution is -2.33. The first-order valence-corrected chi connectivity index (χ1v) is 7.39. The second kappa shape index (κ2) is 7.70. The van der Waals surface area contributed by atoms with Crippen LogP contribution in [0.2, 0.25) is 0 Å². The van der Waals surface area contributed by atoms with Crippen LogP contribution in [0.5, 0.6) is 0 Å². The number of anilines is 1. The summed E-state index contributed by atoms with van der Waals surface area (Å²) in [6.45, 7) is -0.161. The molecule has 2 rings (SSSR count). The molecule has 0 atom stereocenters. The van der Waals surface area contributed by atoms with E-state index in [4.69, 9.17) is 0 Å². The summed E-state index contributed by atoms with van der Waals surface area (Å²) in [5, 5.41) is 5.03. The van der Waals surface area contributed by atoms with Crippen molar-refractivity contribution >= 4 is 33.4 Å². The van der Waals surface area contributed by atoms with E-state index in [-0.39, 0.29) is 18.9 Å². The first-order valence-electron chi connectivity index (χ1n) is 6.59. The lowest BCUT2D eigenvalue weighted by atomic mass is 10.1. The number of hydrogen-bond acceptors (Lipinski definition) is 2. The van der Waals surface area contributed by atoms with E-state index in [1.807, 2.05) is 24.3 Å². The van der Waals surface area contributed by atoms with Crippen LogP contribution in [0.3, 0.4) is 0 Å². The highest BCUT2D eigenvalue weighted by atomic mass is 79.9. The van der Waals surface area contributed by atoms with Crippen LogP contribution in [0.4, 0.5) is 10.1 Å². The summed E-state index contributed by atoms with van der Waals surface area (Å²) in [6, 6.07) is 12.9. The van der Waals surface area contributed by atoms with Crippen molar-refractivity contribution in [3.05, 3.63) is 64.4 Å². The van der Waals surface area contributed by atoms with Crippen molar-refractivity contribution in [3.8, 4) is 0 Å². The van der Waals surface area contributed by atoms with Gasteiger partial charge in [0.05, 0.1) is 13.0 Å². The molecule has 4 nitrogen and oxygen atoms in total. The van der Waals surface area contributed by atoms with E-state index in [0.29, 0.717) is 5.69 Å². The molecular weight excluding hydrogens is 351 g/mol. The van der Waals surface area contributed by atoms with E-state index < -0.39 is 11.7 Å². The molecule has 0 aromatic heterocycles. The summed E-state index contributed by atoms with van der Waals surface area (Å²) in [6.07, 6.45) is 0.195. The number of benzene rings is 2. The predicted molar refractivity (Wildman–Crippen MR) is 85.9 cm³/mol. The van der Waals surface area contributed by atoms with Crippen molar-refractivity contribution in [1.29, 1.82) is 0 Å². The van der Waals surface area contributed by atoms with Crippen LogP contribution in [-0.2, 0) is 16.0 Å².